The normalized spacial score (nSPS) is 10.4. The molecule has 24 heavy (non-hydrogen) atoms. The summed E-state index contributed by atoms with van der Waals surface area (Å²) in [6.07, 6.45) is 3.09. The number of para-hydroxylation sites is 2. The molecule has 0 aromatic heterocycles. The maximum absolute atomic E-state index is 12.1. The fraction of sp³-hybridized carbons (Fsp3) is 0.111. The van der Waals surface area contributed by atoms with Crippen molar-refractivity contribution in [1.29, 1.82) is 0 Å². The van der Waals surface area contributed by atoms with Crippen molar-refractivity contribution in [2.24, 2.45) is 5.73 Å². The number of nitrogens with one attached hydrogen (secondary N) is 2. The SMILES string of the molecule is COc1cccc(/C=C/C(=O)Nc2ccccc2NC(=O)CN)c1. The zero-order valence-corrected chi connectivity index (χ0v) is 13.3. The zero-order valence-electron chi connectivity index (χ0n) is 13.3. The summed E-state index contributed by atoms with van der Waals surface area (Å²) < 4.78 is 5.14. The van der Waals surface area contributed by atoms with E-state index in [4.69, 9.17) is 10.5 Å². The van der Waals surface area contributed by atoms with E-state index in [0.29, 0.717) is 17.1 Å². The molecule has 6 heteroatoms. The van der Waals surface area contributed by atoms with Crippen molar-refractivity contribution in [3.05, 3.63) is 60.2 Å². The van der Waals surface area contributed by atoms with E-state index in [0.717, 1.165) is 5.56 Å². The average molecular weight is 325 g/mol. The van der Waals surface area contributed by atoms with Crippen molar-refractivity contribution >= 4 is 29.3 Å². The number of ether oxygens (including phenoxy) is 1. The van der Waals surface area contributed by atoms with Crippen LogP contribution in [0.2, 0.25) is 0 Å². The van der Waals surface area contributed by atoms with E-state index in [1.807, 2.05) is 24.3 Å². The van der Waals surface area contributed by atoms with E-state index in [9.17, 15) is 9.59 Å². The molecule has 0 saturated heterocycles. The van der Waals surface area contributed by atoms with E-state index in [2.05, 4.69) is 10.6 Å². The van der Waals surface area contributed by atoms with Crippen molar-refractivity contribution in [2.45, 2.75) is 0 Å². The lowest BCUT2D eigenvalue weighted by atomic mass is 10.2. The summed E-state index contributed by atoms with van der Waals surface area (Å²) in [5.41, 5.74) is 7.12. The third-order valence-electron chi connectivity index (χ3n) is 3.17. The Balaban J connectivity index is 2.06. The van der Waals surface area contributed by atoms with Crippen LogP contribution in [0, 0.1) is 0 Å². The van der Waals surface area contributed by atoms with Crippen molar-refractivity contribution in [1.82, 2.24) is 0 Å². The number of amides is 2. The Morgan fingerprint density at radius 3 is 2.46 bits per heavy atom. The van der Waals surface area contributed by atoms with Crippen LogP contribution in [-0.4, -0.2) is 25.5 Å². The van der Waals surface area contributed by atoms with Crippen LogP contribution >= 0.6 is 0 Å². The second-order valence-corrected chi connectivity index (χ2v) is 4.90. The number of anilines is 2. The second kappa shape index (κ2) is 8.50. The highest BCUT2D eigenvalue weighted by atomic mass is 16.5. The summed E-state index contributed by atoms with van der Waals surface area (Å²) >= 11 is 0. The first-order valence-corrected chi connectivity index (χ1v) is 7.34. The Bertz CT molecular complexity index is 757. The molecular formula is C18H19N3O3. The number of rotatable bonds is 6. The van der Waals surface area contributed by atoms with Crippen molar-refractivity contribution in [3.63, 3.8) is 0 Å². The van der Waals surface area contributed by atoms with Gasteiger partial charge in [-0.3, -0.25) is 9.59 Å². The molecule has 0 aliphatic rings. The van der Waals surface area contributed by atoms with Crippen LogP contribution in [0.25, 0.3) is 6.08 Å². The maximum Gasteiger partial charge on any atom is 0.248 e. The molecule has 0 spiro atoms. The van der Waals surface area contributed by atoms with Crippen LogP contribution in [0.1, 0.15) is 5.56 Å². The van der Waals surface area contributed by atoms with Crippen molar-refractivity contribution < 1.29 is 14.3 Å². The number of methoxy groups -OCH3 is 1. The van der Waals surface area contributed by atoms with Gasteiger partial charge < -0.3 is 21.1 Å². The average Bonchev–Trinajstić information content (AvgIpc) is 2.61. The molecule has 2 aromatic rings. The Morgan fingerprint density at radius 1 is 1.08 bits per heavy atom. The molecular weight excluding hydrogens is 306 g/mol. The molecule has 0 unspecified atom stereocenters. The zero-order chi connectivity index (χ0) is 17.4. The molecule has 0 saturated carbocycles. The first kappa shape index (κ1) is 17.2. The number of hydrogen-bond acceptors (Lipinski definition) is 4. The molecule has 124 valence electrons. The van der Waals surface area contributed by atoms with Gasteiger partial charge in [0.15, 0.2) is 0 Å². The highest BCUT2D eigenvalue weighted by molar-refractivity contribution is 6.05. The molecule has 2 aromatic carbocycles. The number of hydrogen-bond donors (Lipinski definition) is 3. The Labute approximate surface area is 140 Å². The van der Waals surface area contributed by atoms with Crippen LogP contribution in [0.4, 0.5) is 11.4 Å². The van der Waals surface area contributed by atoms with Gasteiger partial charge in [-0.1, -0.05) is 24.3 Å². The van der Waals surface area contributed by atoms with Gasteiger partial charge in [-0.2, -0.15) is 0 Å². The van der Waals surface area contributed by atoms with Crippen LogP contribution in [0.15, 0.2) is 54.6 Å². The summed E-state index contributed by atoms with van der Waals surface area (Å²) in [7, 11) is 1.59. The molecule has 0 fully saturated rings. The van der Waals surface area contributed by atoms with Gasteiger partial charge >= 0.3 is 0 Å². The fourth-order valence-electron chi connectivity index (χ4n) is 1.99. The third-order valence-corrected chi connectivity index (χ3v) is 3.17. The summed E-state index contributed by atoms with van der Waals surface area (Å²) in [6.45, 7) is -0.127. The minimum absolute atomic E-state index is 0.127. The van der Waals surface area contributed by atoms with Gasteiger partial charge in [0.2, 0.25) is 11.8 Å². The van der Waals surface area contributed by atoms with E-state index in [1.165, 1.54) is 6.08 Å². The lowest BCUT2D eigenvalue weighted by Gasteiger charge is -2.10. The van der Waals surface area contributed by atoms with Gasteiger partial charge in [-0.15, -0.1) is 0 Å². The quantitative estimate of drug-likeness (QED) is 0.710. The van der Waals surface area contributed by atoms with Gasteiger partial charge in [-0.25, -0.2) is 0 Å². The number of carbonyl (C=O) groups excluding carboxylic acids is 2. The predicted molar refractivity (Wildman–Crippen MR) is 94.8 cm³/mol. The van der Waals surface area contributed by atoms with E-state index < -0.39 is 0 Å². The standard InChI is InChI=1S/C18H19N3O3/c1-24-14-6-4-5-13(11-14)9-10-17(22)20-15-7-2-3-8-16(15)21-18(23)12-19/h2-11H,12,19H2,1H3,(H,20,22)(H,21,23)/b10-9+. The van der Waals surface area contributed by atoms with Crippen molar-refractivity contribution in [2.75, 3.05) is 24.3 Å². The highest BCUT2D eigenvalue weighted by Crippen LogP contribution is 2.21. The molecule has 0 heterocycles. The smallest absolute Gasteiger partial charge is 0.248 e. The largest absolute Gasteiger partial charge is 0.497 e. The maximum atomic E-state index is 12.1. The van der Waals surface area contributed by atoms with Gasteiger partial charge in [0.1, 0.15) is 5.75 Å². The number of nitrogens with two attached hydrogens (primary N) is 1. The number of benzene rings is 2. The summed E-state index contributed by atoms with van der Waals surface area (Å²) in [6, 6.07) is 14.3. The molecule has 0 aliphatic heterocycles. The topological polar surface area (TPSA) is 93.5 Å². The number of carbonyl (C=O) groups is 2. The monoisotopic (exact) mass is 325 g/mol. The van der Waals surface area contributed by atoms with Gasteiger partial charge in [0, 0.05) is 6.08 Å². The lowest BCUT2D eigenvalue weighted by molar-refractivity contribution is -0.115. The van der Waals surface area contributed by atoms with Crippen molar-refractivity contribution in [3.8, 4) is 5.75 Å². The second-order valence-electron chi connectivity index (χ2n) is 4.90. The molecule has 6 nitrogen and oxygen atoms in total. The first-order chi connectivity index (χ1) is 11.6. The summed E-state index contributed by atoms with van der Waals surface area (Å²) in [5.74, 6) is 0.0725. The van der Waals surface area contributed by atoms with E-state index >= 15 is 0 Å². The first-order valence-electron chi connectivity index (χ1n) is 7.34. The van der Waals surface area contributed by atoms with Gasteiger partial charge in [0.05, 0.1) is 25.0 Å². The Morgan fingerprint density at radius 2 is 1.79 bits per heavy atom. The molecule has 0 radical (unpaired) electrons. The molecule has 0 bridgehead atoms. The van der Waals surface area contributed by atoms with Crippen LogP contribution in [0.5, 0.6) is 5.75 Å². The van der Waals surface area contributed by atoms with Gasteiger partial charge in [0.25, 0.3) is 0 Å². The summed E-state index contributed by atoms with van der Waals surface area (Å²) in [5, 5.41) is 5.36. The molecule has 2 rings (SSSR count). The van der Waals surface area contributed by atoms with Crippen LogP contribution in [-0.2, 0) is 9.59 Å². The van der Waals surface area contributed by atoms with Crippen LogP contribution in [0.3, 0.4) is 0 Å². The fourth-order valence-corrected chi connectivity index (χ4v) is 1.99. The van der Waals surface area contributed by atoms with Gasteiger partial charge in [-0.05, 0) is 35.9 Å². The Kier molecular flexibility index (Phi) is 6.10. The lowest BCUT2D eigenvalue weighted by Crippen LogP contribution is -2.22. The molecule has 2 amide bonds. The van der Waals surface area contributed by atoms with E-state index in [1.54, 1.807) is 37.5 Å². The predicted octanol–water partition coefficient (Wildman–Crippen LogP) is 2.24. The minimum atomic E-state index is -0.330. The summed E-state index contributed by atoms with van der Waals surface area (Å²) in [4.78, 5) is 23.5. The molecule has 4 N–H and O–H groups in total. The Hall–Kier alpha value is -3.12. The minimum Gasteiger partial charge on any atom is -0.497 e. The van der Waals surface area contributed by atoms with Crippen LogP contribution < -0.4 is 21.1 Å². The highest BCUT2D eigenvalue weighted by Gasteiger charge is 2.06. The molecule has 0 atom stereocenters. The van der Waals surface area contributed by atoms with E-state index in [-0.39, 0.29) is 18.4 Å². The third kappa shape index (κ3) is 4.96. The molecule has 0 aliphatic carbocycles.